The maximum Gasteiger partial charge on any atom is 0.328 e. The molecule has 24 heavy (non-hydrogen) atoms. The molecule has 0 spiro atoms. The Bertz CT molecular complexity index is 618. The lowest BCUT2D eigenvalue weighted by atomic mass is 10.0. The Morgan fingerprint density at radius 1 is 1.38 bits per heavy atom. The summed E-state index contributed by atoms with van der Waals surface area (Å²) >= 11 is 7.13. The highest BCUT2D eigenvalue weighted by Crippen LogP contribution is 2.29. The molecule has 0 saturated heterocycles. The summed E-state index contributed by atoms with van der Waals surface area (Å²) < 4.78 is 4.85. The van der Waals surface area contributed by atoms with Gasteiger partial charge >= 0.3 is 5.97 Å². The smallest absolute Gasteiger partial charge is 0.328 e. The van der Waals surface area contributed by atoms with Crippen LogP contribution in [-0.4, -0.2) is 36.5 Å². The second-order valence-electron chi connectivity index (χ2n) is 5.41. The van der Waals surface area contributed by atoms with E-state index < -0.39 is 12.0 Å². The van der Waals surface area contributed by atoms with Crippen molar-refractivity contribution in [3.63, 3.8) is 0 Å². The number of benzene rings is 1. The molecule has 0 bridgehead atoms. The van der Waals surface area contributed by atoms with Crippen molar-refractivity contribution in [3.8, 4) is 0 Å². The highest BCUT2D eigenvalue weighted by molar-refractivity contribution is 8.00. The van der Waals surface area contributed by atoms with Crippen molar-refractivity contribution in [3.05, 3.63) is 40.9 Å². The molecule has 1 aromatic carbocycles. The van der Waals surface area contributed by atoms with Crippen LogP contribution in [0, 0.1) is 6.92 Å². The van der Waals surface area contributed by atoms with Crippen LogP contribution in [-0.2, 0) is 20.7 Å². The Morgan fingerprint density at radius 3 is 2.58 bits per heavy atom. The van der Waals surface area contributed by atoms with E-state index in [1.165, 1.54) is 18.9 Å². The van der Waals surface area contributed by atoms with Crippen molar-refractivity contribution >= 4 is 40.9 Å². The molecule has 0 radical (unpaired) electrons. The van der Waals surface area contributed by atoms with Crippen LogP contribution >= 0.6 is 23.4 Å². The third-order valence-electron chi connectivity index (χ3n) is 3.63. The van der Waals surface area contributed by atoms with Gasteiger partial charge in [-0.3, -0.25) is 9.69 Å². The molecule has 0 heterocycles. The minimum Gasteiger partial charge on any atom is -0.467 e. The van der Waals surface area contributed by atoms with Gasteiger partial charge in [0.25, 0.3) is 0 Å². The van der Waals surface area contributed by atoms with E-state index in [1.54, 1.807) is 11.8 Å². The number of amides is 1. The Kier molecular flexibility index (Phi) is 8.36. The number of hydrogen-bond donors (Lipinski definition) is 0. The summed E-state index contributed by atoms with van der Waals surface area (Å²) in [5.41, 5.74) is 2.75. The lowest BCUT2D eigenvalue weighted by Crippen LogP contribution is -2.45. The minimum atomic E-state index is -0.700. The molecule has 0 aromatic heterocycles. The molecule has 0 aliphatic carbocycles. The molecule has 0 aliphatic heterocycles. The standard InChI is InChI=1S/C18H24ClNO3S/c1-6-15-9-7-8-12(2)17(15)20(14(4)18(22)23-5)16(21)11-24-10-13(3)19/h7-9,14H,3,6,10-11H2,1-2,4-5H3. The van der Waals surface area contributed by atoms with Crippen LogP contribution < -0.4 is 4.90 Å². The number of thioether (sulfide) groups is 1. The van der Waals surface area contributed by atoms with Gasteiger partial charge in [0.1, 0.15) is 6.04 Å². The van der Waals surface area contributed by atoms with E-state index in [4.69, 9.17) is 16.3 Å². The van der Waals surface area contributed by atoms with Crippen LogP contribution in [0.25, 0.3) is 0 Å². The number of carbonyl (C=O) groups excluding carboxylic acids is 2. The molecule has 0 aliphatic rings. The van der Waals surface area contributed by atoms with Crippen LogP contribution in [0.2, 0.25) is 0 Å². The van der Waals surface area contributed by atoms with Gasteiger partial charge in [0.15, 0.2) is 0 Å². The maximum absolute atomic E-state index is 12.8. The van der Waals surface area contributed by atoms with E-state index in [2.05, 4.69) is 6.58 Å². The molecule has 1 rings (SSSR count). The molecule has 1 unspecified atom stereocenters. The normalized spacial score (nSPS) is 11.7. The van der Waals surface area contributed by atoms with Crippen molar-refractivity contribution in [2.45, 2.75) is 33.2 Å². The number of anilines is 1. The Hall–Kier alpha value is -1.46. The number of carbonyl (C=O) groups is 2. The average molecular weight is 370 g/mol. The van der Waals surface area contributed by atoms with Gasteiger partial charge in [-0.2, -0.15) is 0 Å². The zero-order chi connectivity index (χ0) is 18.3. The summed E-state index contributed by atoms with van der Waals surface area (Å²) in [4.78, 5) is 26.4. The van der Waals surface area contributed by atoms with Crippen molar-refractivity contribution in [2.75, 3.05) is 23.5 Å². The van der Waals surface area contributed by atoms with Gasteiger partial charge in [0.2, 0.25) is 5.91 Å². The van der Waals surface area contributed by atoms with Crippen molar-refractivity contribution < 1.29 is 14.3 Å². The molecular formula is C18H24ClNO3S. The van der Waals surface area contributed by atoms with Gasteiger partial charge in [-0.25, -0.2) is 4.79 Å². The zero-order valence-corrected chi connectivity index (χ0v) is 16.2. The predicted octanol–water partition coefficient (Wildman–Crippen LogP) is 3.94. The van der Waals surface area contributed by atoms with E-state index in [0.29, 0.717) is 10.8 Å². The molecule has 0 saturated carbocycles. The van der Waals surface area contributed by atoms with Crippen LogP contribution in [0.15, 0.2) is 29.8 Å². The Balaban J connectivity index is 3.22. The van der Waals surface area contributed by atoms with E-state index >= 15 is 0 Å². The van der Waals surface area contributed by atoms with Crippen LogP contribution in [0.5, 0.6) is 0 Å². The number of hydrogen-bond acceptors (Lipinski definition) is 4. The first-order valence-electron chi connectivity index (χ1n) is 7.72. The summed E-state index contributed by atoms with van der Waals surface area (Å²) in [6.07, 6.45) is 0.764. The van der Waals surface area contributed by atoms with Crippen LogP contribution in [0.4, 0.5) is 5.69 Å². The van der Waals surface area contributed by atoms with E-state index in [1.807, 2.05) is 32.0 Å². The maximum atomic E-state index is 12.8. The van der Waals surface area contributed by atoms with Crippen molar-refractivity contribution in [1.82, 2.24) is 0 Å². The first kappa shape index (κ1) is 20.6. The van der Waals surface area contributed by atoms with E-state index in [-0.39, 0.29) is 11.7 Å². The summed E-state index contributed by atoms with van der Waals surface area (Å²) in [6, 6.07) is 5.16. The summed E-state index contributed by atoms with van der Waals surface area (Å²) in [7, 11) is 1.33. The van der Waals surface area contributed by atoms with Gasteiger partial charge in [-0.05, 0) is 31.4 Å². The number of rotatable bonds is 8. The number of methoxy groups -OCH3 is 1. The number of aryl methyl sites for hydroxylation is 2. The fourth-order valence-corrected chi connectivity index (χ4v) is 3.35. The van der Waals surface area contributed by atoms with E-state index in [9.17, 15) is 9.59 Å². The molecular weight excluding hydrogens is 346 g/mol. The summed E-state index contributed by atoms with van der Waals surface area (Å²) in [5, 5.41) is 0.491. The second kappa shape index (κ2) is 9.74. The zero-order valence-electron chi connectivity index (χ0n) is 14.6. The average Bonchev–Trinajstić information content (AvgIpc) is 2.55. The number of halogens is 1. The third-order valence-corrected chi connectivity index (χ3v) is 4.92. The van der Waals surface area contributed by atoms with Crippen LogP contribution in [0.1, 0.15) is 25.0 Å². The lowest BCUT2D eigenvalue weighted by molar-refractivity contribution is -0.142. The SMILES string of the molecule is C=C(Cl)CSCC(=O)N(c1c(C)cccc1CC)C(C)C(=O)OC. The molecule has 1 aromatic rings. The summed E-state index contributed by atoms with van der Waals surface area (Å²) in [6.45, 7) is 9.26. The van der Waals surface area contributed by atoms with Gasteiger partial charge in [-0.1, -0.05) is 43.3 Å². The third kappa shape index (κ3) is 5.28. The highest BCUT2D eigenvalue weighted by Gasteiger charge is 2.30. The molecule has 1 atom stereocenters. The van der Waals surface area contributed by atoms with Crippen molar-refractivity contribution in [2.24, 2.45) is 0 Å². The molecule has 132 valence electrons. The second-order valence-corrected chi connectivity index (χ2v) is 6.93. The van der Waals surface area contributed by atoms with Gasteiger partial charge in [0.05, 0.1) is 18.6 Å². The molecule has 4 nitrogen and oxygen atoms in total. The highest BCUT2D eigenvalue weighted by atomic mass is 35.5. The first-order chi connectivity index (χ1) is 11.3. The molecule has 6 heteroatoms. The predicted molar refractivity (Wildman–Crippen MR) is 102 cm³/mol. The first-order valence-corrected chi connectivity index (χ1v) is 9.26. The molecule has 0 N–H and O–H groups in total. The summed E-state index contributed by atoms with van der Waals surface area (Å²) in [5.74, 6) is 0.104. The molecule has 0 fully saturated rings. The number of ether oxygens (including phenoxy) is 1. The Labute approximate surface area is 153 Å². The number of para-hydroxylation sites is 1. The van der Waals surface area contributed by atoms with Crippen LogP contribution in [0.3, 0.4) is 0 Å². The lowest BCUT2D eigenvalue weighted by Gasteiger charge is -2.30. The largest absolute Gasteiger partial charge is 0.467 e. The van der Waals surface area contributed by atoms with Crippen molar-refractivity contribution in [1.29, 1.82) is 0 Å². The quantitative estimate of drug-likeness (QED) is 0.651. The Morgan fingerprint density at radius 2 is 2.04 bits per heavy atom. The van der Waals surface area contributed by atoms with E-state index in [0.717, 1.165) is 23.2 Å². The molecule has 1 amide bonds. The number of esters is 1. The number of nitrogens with zero attached hydrogens (tertiary/aromatic N) is 1. The minimum absolute atomic E-state index is 0.153. The van der Waals surface area contributed by atoms with Gasteiger partial charge in [0, 0.05) is 10.8 Å². The topological polar surface area (TPSA) is 46.6 Å². The monoisotopic (exact) mass is 369 g/mol. The fourth-order valence-electron chi connectivity index (χ4n) is 2.48. The fraction of sp³-hybridized carbons (Fsp3) is 0.444. The van der Waals surface area contributed by atoms with Gasteiger partial charge in [-0.15, -0.1) is 11.8 Å². The van der Waals surface area contributed by atoms with Gasteiger partial charge < -0.3 is 4.74 Å².